The smallest absolute Gasteiger partial charge is 0.167 e. The molecule has 0 radical (unpaired) electrons. The molecule has 4 heteroatoms. The molecule has 0 saturated heterocycles. The average Bonchev–Trinajstić information content (AvgIpc) is 2.61. The maximum atomic E-state index is 5.45. The highest BCUT2D eigenvalue weighted by Crippen LogP contribution is 2.24. The summed E-state index contributed by atoms with van der Waals surface area (Å²) in [7, 11) is 1.68. The topological polar surface area (TPSA) is 33.3 Å². The second kappa shape index (κ2) is 9.16. The third-order valence-corrected chi connectivity index (χ3v) is 3.94. The van der Waals surface area contributed by atoms with Crippen molar-refractivity contribution in [3.8, 4) is 5.75 Å². The maximum absolute atomic E-state index is 5.45. The molecular weight excluding hydrogens is 304 g/mol. The van der Waals surface area contributed by atoms with Crippen molar-refractivity contribution in [3.05, 3.63) is 65.7 Å². The van der Waals surface area contributed by atoms with E-state index in [0.29, 0.717) is 5.11 Å². The van der Waals surface area contributed by atoms with Gasteiger partial charge in [-0.05, 0) is 41.9 Å². The zero-order chi connectivity index (χ0) is 16.5. The molecule has 0 saturated carbocycles. The maximum Gasteiger partial charge on any atom is 0.167 e. The zero-order valence-corrected chi connectivity index (χ0v) is 14.5. The number of nitrogens with one attached hydrogen (secondary N) is 2. The molecule has 0 aliphatic heterocycles. The van der Waals surface area contributed by atoms with Crippen molar-refractivity contribution in [2.24, 2.45) is 0 Å². The van der Waals surface area contributed by atoms with E-state index in [2.05, 4.69) is 41.8 Å². The van der Waals surface area contributed by atoms with Gasteiger partial charge in [0.05, 0.1) is 13.2 Å². The molecule has 0 unspecified atom stereocenters. The van der Waals surface area contributed by atoms with Gasteiger partial charge < -0.3 is 15.4 Å². The summed E-state index contributed by atoms with van der Waals surface area (Å²) in [6, 6.07) is 18.4. The van der Waals surface area contributed by atoms with Gasteiger partial charge in [-0.1, -0.05) is 55.8 Å². The van der Waals surface area contributed by atoms with Gasteiger partial charge in [-0.25, -0.2) is 0 Å². The number of methoxy groups -OCH3 is 1. The van der Waals surface area contributed by atoms with Gasteiger partial charge >= 0.3 is 0 Å². The SMILES string of the molecule is CCCCNC(=S)N[C@H](c1ccccc1)c1ccc(OC)cc1. The van der Waals surface area contributed by atoms with E-state index in [4.69, 9.17) is 17.0 Å². The van der Waals surface area contributed by atoms with Gasteiger partial charge in [0.25, 0.3) is 0 Å². The summed E-state index contributed by atoms with van der Waals surface area (Å²) in [6.07, 6.45) is 2.26. The Bertz CT molecular complexity index is 599. The Labute approximate surface area is 144 Å². The van der Waals surface area contributed by atoms with Crippen LogP contribution in [0.25, 0.3) is 0 Å². The highest BCUT2D eigenvalue weighted by molar-refractivity contribution is 7.80. The highest BCUT2D eigenvalue weighted by Gasteiger charge is 2.15. The normalized spacial score (nSPS) is 11.6. The Morgan fingerprint density at radius 1 is 1.04 bits per heavy atom. The third-order valence-electron chi connectivity index (χ3n) is 3.67. The van der Waals surface area contributed by atoms with E-state index in [0.717, 1.165) is 30.7 Å². The lowest BCUT2D eigenvalue weighted by molar-refractivity contribution is 0.414. The van der Waals surface area contributed by atoms with Gasteiger partial charge in [0, 0.05) is 6.54 Å². The van der Waals surface area contributed by atoms with Gasteiger partial charge in [0.15, 0.2) is 5.11 Å². The van der Waals surface area contributed by atoms with Crippen LogP contribution in [0.5, 0.6) is 5.75 Å². The summed E-state index contributed by atoms with van der Waals surface area (Å²) in [5, 5.41) is 7.38. The Morgan fingerprint density at radius 3 is 2.30 bits per heavy atom. The predicted octanol–water partition coefficient (Wildman–Crippen LogP) is 4.05. The van der Waals surface area contributed by atoms with Crippen LogP contribution in [0.15, 0.2) is 54.6 Å². The number of rotatable bonds is 7. The molecule has 2 aromatic carbocycles. The van der Waals surface area contributed by atoms with Crippen molar-refractivity contribution in [2.45, 2.75) is 25.8 Å². The lowest BCUT2D eigenvalue weighted by Crippen LogP contribution is -2.38. The van der Waals surface area contributed by atoms with Crippen molar-refractivity contribution >= 4 is 17.3 Å². The Hall–Kier alpha value is -2.07. The van der Waals surface area contributed by atoms with Crippen LogP contribution in [-0.4, -0.2) is 18.8 Å². The molecule has 3 nitrogen and oxygen atoms in total. The van der Waals surface area contributed by atoms with E-state index in [1.54, 1.807) is 7.11 Å². The van der Waals surface area contributed by atoms with Crippen LogP contribution in [0.1, 0.15) is 36.9 Å². The highest BCUT2D eigenvalue weighted by atomic mass is 32.1. The number of unbranched alkanes of at least 4 members (excludes halogenated alkanes) is 1. The fraction of sp³-hybridized carbons (Fsp3) is 0.316. The quantitative estimate of drug-likeness (QED) is 0.593. The molecule has 1 atom stereocenters. The second-order valence-electron chi connectivity index (χ2n) is 5.37. The van der Waals surface area contributed by atoms with Crippen LogP contribution in [0.4, 0.5) is 0 Å². The summed E-state index contributed by atoms with van der Waals surface area (Å²) >= 11 is 5.45. The summed E-state index contributed by atoms with van der Waals surface area (Å²) in [5.74, 6) is 0.851. The van der Waals surface area contributed by atoms with E-state index in [1.807, 2.05) is 30.3 Å². The van der Waals surface area contributed by atoms with Crippen LogP contribution >= 0.6 is 12.2 Å². The van der Waals surface area contributed by atoms with Gasteiger partial charge in [0.1, 0.15) is 5.75 Å². The number of thiocarbonyl (C=S) groups is 1. The number of benzene rings is 2. The van der Waals surface area contributed by atoms with Gasteiger partial charge in [-0.15, -0.1) is 0 Å². The van der Waals surface area contributed by atoms with Crippen LogP contribution in [0.2, 0.25) is 0 Å². The summed E-state index contributed by atoms with van der Waals surface area (Å²) in [4.78, 5) is 0. The minimum absolute atomic E-state index is 0.0173. The van der Waals surface area contributed by atoms with Crippen LogP contribution < -0.4 is 15.4 Å². The first-order valence-electron chi connectivity index (χ1n) is 7.98. The Balaban J connectivity index is 2.16. The zero-order valence-electron chi connectivity index (χ0n) is 13.7. The first kappa shape index (κ1) is 17.3. The predicted molar refractivity (Wildman–Crippen MR) is 99.9 cm³/mol. The first-order valence-corrected chi connectivity index (χ1v) is 8.38. The van der Waals surface area contributed by atoms with E-state index in [-0.39, 0.29) is 6.04 Å². The van der Waals surface area contributed by atoms with Crippen molar-refractivity contribution in [1.82, 2.24) is 10.6 Å². The molecule has 0 bridgehead atoms. The first-order chi connectivity index (χ1) is 11.2. The van der Waals surface area contributed by atoms with Crippen molar-refractivity contribution in [2.75, 3.05) is 13.7 Å². The molecule has 0 fully saturated rings. The van der Waals surface area contributed by atoms with E-state index in [1.165, 1.54) is 5.56 Å². The Kier molecular flexibility index (Phi) is 6.88. The van der Waals surface area contributed by atoms with Crippen molar-refractivity contribution in [1.29, 1.82) is 0 Å². The van der Waals surface area contributed by atoms with Crippen LogP contribution in [0, 0.1) is 0 Å². The average molecular weight is 328 g/mol. The van der Waals surface area contributed by atoms with Crippen LogP contribution in [0.3, 0.4) is 0 Å². The van der Waals surface area contributed by atoms with E-state index in [9.17, 15) is 0 Å². The molecule has 0 aliphatic carbocycles. The molecule has 0 amide bonds. The summed E-state index contributed by atoms with van der Waals surface area (Å²) < 4.78 is 5.24. The number of hydrogen-bond donors (Lipinski definition) is 2. The molecule has 2 aromatic rings. The molecule has 23 heavy (non-hydrogen) atoms. The molecule has 2 N–H and O–H groups in total. The van der Waals surface area contributed by atoms with Crippen molar-refractivity contribution < 1.29 is 4.74 Å². The summed E-state index contributed by atoms with van der Waals surface area (Å²) in [6.45, 7) is 3.06. The fourth-order valence-electron chi connectivity index (χ4n) is 2.36. The largest absolute Gasteiger partial charge is 0.497 e. The van der Waals surface area contributed by atoms with Gasteiger partial charge in [-0.2, -0.15) is 0 Å². The molecule has 0 aliphatic rings. The molecule has 0 heterocycles. The monoisotopic (exact) mass is 328 g/mol. The molecule has 0 aromatic heterocycles. The molecule has 2 rings (SSSR count). The van der Waals surface area contributed by atoms with E-state index >= 15 is 0 Å². The van der Waals surface area contributed by atoms with Crippen molar-refractivity contribution in [3.63, 3.8) is 0 Å². The lowest BCUT2D eigenvalue weighted by atomic mass is 9.99. The summed E-state index contributed by atoms with van der Waals surface area (Å²) in [5.41, 5.74) is 2.33. The number of ether oxygens (including phenoxy) is 1. The molecular formula is C19H24N2OS. The lowest BCUT2D eigenvalue weighted by Gasteiger charge is -2.22. The fourth-order valence-corrected chi connectivity index (χ4v) is 2.58. The molecule has 0 spiro atoms. The Morgan fingerprint density at radius 2 is 1.70 bits per heavy atom. The second-order valence-corrected chi connectivity index (χ2v) is 5.78. The third kappa shape index (κ3) is 5.25. The minimum atomic E-state index is 0.0173. The van der Waals surface area contributed by atoms with Crippen LogP contribution in [-0.2, 0) is 0 Å². The number of hydrogen-bond acceptors (Lipinski definition) is 2. The van der Waals surface area contributed by atoms with E-state index < -0.39 is 0 Å². The van der Waals surface area contributed by atoms with Gasteiger partial charge in [-0.3, -0.25) is 0 Å². The minimum Gasteiger partial charge on any atom is -0.497 e. The van der Waals surface area contributed by atoms with Gasteiger partial charge in [0.2, 0.25) is 0 Å². The molecule has 122 valence electrons. The standard InChI is InChI=1S/C19H24N2OS/c1-3-4-14-20-19(23)21-18(15-8-6-5-7-9-15)16-10-12-17(22-2)13-11-16/h5-13,18H,3-4,14H2,1-2H3,(H2,20,21,23)/t18-/m1/s1.